The van der Waals surface area contributed by atoms with Crippen LogP contribution in [0, 0.1) is 0 Å². The zero-order valence-corrected chi connectivity index (χ0v) is 8.45. The quantitative estimate of drug-likeness (QED) is 0.677. The molecule has 1 heterocycles. The third-order valence-electron chi connectivity index (χ3n) is 2.88. The summed E-state index contributed by atoms with van der Waals surface area (Å²) in [6.45, 7) is 3.98. The van der Waals surface area contributed by atoms with Crippen molar-refractivity contribution in [2.75, 3.05) is 19.7 Å². The maximum Gasteiger partial charge on any atom is 0.0664 e. The van der Waals surface area contributed by atoms with Gasteiger partial charge in [-0.25, -0.2) is 0 Å². The van der Waals surface area contributed by atoms with Crippen molar-refractivity contribution in [3.05, 3.63) is 0 Å². The topological polar surface area (TPSA) is 43.7 Å². The molecule has 0 radical (unpaired) electrons. The molecule has 2 unspecified atom stereocenters. The summed E-state index contributed by atoms with van der Waals surface area (Å²) in [7, 11) is 0. The van der Waals surface area contributed by atoms with Crippen LogP contribution in [0.25, 0.3) is 0 Å². The van der Waals surface area contributed by atoms with Gasteiger partial charge in [-0.05, 0) is 25.8 Å². The lowest BCUT2D eigenvalue weighted by Gasteiger charge is -2.35. The standard InChI is InChI=1S/C10H21NO2/c1-2-10(13)7-11-6-4-3-5-9(11)8-12/h9-10,12-13H,2-8H2,1H3. The molecule has 0 aliphatic carbocycles. The average molecular weight is 187 g/mol. The highest BCUT2D eigenvalue weighted by Gasteiger charge is 2.22. The van der Waals surface area contributed by atoms with E-state index in [1.165, 1.54) is 12.8 Å². The Balaban J connectivity index is 2.35. The molecular weight excluding hydrogens is 166 g/mol. The summed E-state index contributed by atoms with van der Waals surface area (Å²) in [4.78, 5) is 2.22. The van der Waals surface area contributed by atoms with E-state index in [4.69, 9.17) is 5.11 Å². The molecule has 1 fully saturated rings. The molecule has 3 nitrogen and oxygen atoms in total. The van der Waals surface area contributed by atoms with Crippen LogP contribution >= 0.6 is 0 Å². The minimum atomic E-state index is -0.229. The molecule has 1 saturated heterocycles. The fourth-order valence-corrected chi connectivity index (χ4v) is 1.91. The van der Waals surface area contributed by atoms with Crippen LogP contribution in [0.5, 0.6) is 0 Å². The van der Waals surface area contributed by atoms with Gasteiger partial charge in [-0.1, -0.05) is 13.3 Å². The van der Waals surface area contributed by atoms with E-state index in [2.05, 4.69) is 4.90 Å². The second-order valence-electron chi connectivity index (χ2n) is 3.89. The number of β-amino-alcohol motifs (C(OH)–C–C–N with tert-alkyl or cyclic N) is 1. The van der Waals surface area contributed by atoms with E-state index in [0.717, 1.165) is 25.9 Å². The first-order valence-corrected chi connectivity index (χ1v) is 5.31. The number of aliphatic hydroxyl groups is 2. The Bertz CT molecular complexity index is 141. The van der Waals surface area contributed by atoms with Crippen molar-refractivity contribution < 1.29 is 10.2 Å². The van der Waals surface area contributed by atoms with Crippen LogP contribution in [0.4, 0.5) is 0 Å². The second kappa shape index (κ2) is 5.58. The molecule has 3 heteroatoms. The van der Waals surface area contributed by atoms with Crippen LogP contribution in [-0.2, 0) is 0 Å². The number of hydrogen-bond donors (Lipinski definition) is 2. The molecule has 0 aromatic rings. The van der Waals surface area contributed by atoms with Gasteiger partial charge < -0.3 is 10.2 Å². The largest absolute Gasteiger partial charge is 0.395 e. The minimum absolute atomic E-state index is 0.229. The van der Waals surface area contributed by atoms with Crippen molar-refractivity contribution in [1.29, 1.82) is 0 Å². The Hall–Kier alpha value is -0.120. The maximum atomic E-state index is 9.50. The van der Waals surface area contributed by atoms with Crippen LogP contribution in [0.2, 0.25) is 0 Å². The molecule has 2 atom stereocenters. The number of aliphatic hydroxyl groups excluding tert-OH is 2. The molecule has 2 N–H and O–H groups in total. The molecule has 0 amide bonds. The average Bonchev–Trinajstić information content (AvgIpc) is 2.18. The minimum Gasteiger partial charge on any atom is -0.395 e. The van der Waals surface area contributed by atoms with Gasteiger partial charge in [-0.2, -0.15) is 0 Å². The third-order valence-corrected chi connectivity index (χ3v) is 2.88. The molecular formula is C10H21NO2. The first-order valence-electron chi connectivity index (χ1n) is 5.31. The van der Waals surface area contributed by atoms with Gasteiger partial charge in [0.15, 0.2) is 0 Å². The zero-order chi connectivity index (χ0) is 9.68. The highest BCUT2D eigenvalue weighted by molar-refractivity contribution is 4.77. The van der Waals surface area contributed by atoms with Crippen molar-refractivity contribution in [2.24, 2.45) is 0 Å². The lowest BCUT2D eigenvalue weighted by atomic mass is 10.0. The second-order valence-corrected chi connectivity index (χ2v) is 3.89. The summed E-state index contributed by atoms with van der Waals surface area (Å²) in [6, 6.07) is 0.287. The van der Waals surface area contributed by atoms with Gasteiger partial charge in [0.1, 0.15) is 0 Å². The fraction of sp³-hybridized carbons (Fsp3) is 1.00. The van der Waals surface area contributed by atoms with E-state index in [1.54, 1.807) is 0 Å². The van der Waals surface area contributed by atoms with Gasteiger partial charge in [0.25, 0.3) is 0 Å². The summed E-state index contributed by atoms with van der Waals surface area (Å²) >= 11 is 0. The number of piperidine rings is 1. The van der Waals surface area contributed by atoms with Crippen LogP contribution in [0.1, 0.15) is 32.6 Å². The van der Waals surface area contributed by atoms with Crippen LogP contribution in [-0.4, -0.2) is 47.0 Å². The number of nitrogens with zero attached hydrogens (tertiary/aromatic N) is 1. The monoisotopic (exact) mass is 187 g/mol. The number of hydrogen-bond acceptors (Lipinski definition) is 3. The van der Waals surface area contributed by atoms with E-state index in [0.29, 0.717) is 0 Å². The predicted molar refractivity (Wildman–Crippen MR) is 52.6 cm³/mol. The Morgan fingerprint density at radius 1 is 1.46 bits per heavy atom. The molecule has 1 aliphatic heterocycles. The van der Waals surface area contributed by atoms with Crippen LogP contribution < -0.4 is 0 Å². The molecule has 13 heavy (non-hydrogen) atoms. The van der Waals surface area contributed by atoms with Crippen LogP contribution in [0.15, 0.2) is 0 Å². The van der Waals surface area contributed by atoms with E-state index in [-0.39, 0.29) is 18.8 Å². The van der Waals surface area contributed by atoms with Crippen molar-refractivity contribution in [3.63, 3.8) is 0 Å². The lowest BCUT2D eigenvalue weighted by Crippen LogP contribution is -2.45. The lowest BCUT2D eigenvalue weighted by molar-refractivity contribution is 0.0410. The summed E-state index contributed by atoms with van der Waals surface area (Å²) < 4.78 is 0. The van der Waals surface area contributed by atoms with Crippen LogP contribution in [0.3, 0.4) is 0 Å². The third kappa shape index (κ3) is 3.25. The van der Waals surface area contributed by atoms with Crippen molar-refractivity contribution in [1.82, 2.24) is 4.90 Å². The molecule has 0 aromatic carbocycles. The molecule has 1 aliphatic rings. The van der Waals surface area contributed by atoms with Gasteiger partial charge in [0.05, 0.1) is 12.7 Å². The Morgan fingerprint density at radius 3 is 2.85 bits per heavy atom. The fourth-order valence-electron chi connectivity index (χ4n) is 1.91. The maximum absolute atomic E-state index is 9.50. The Kier molecular flexibility index (Phi) is 4.70. The van der Waals surface area contributed by atoms with Gasteiger partial charge in [-0.3, -0.25) is 4.90 Å². The van der Waals surface area contributed by atoms with Crippen molar-refractivity contribution in [2.45, 2.75) is 44.8 Å². The first kappa shape index (κ1) is 11.0. The Labute approximate surface area is 80.4 Å². The molecule has 78 valence electrons. The summed E-state index contributed by atoms with van der Waals surface area (Å²) in [6.07, 6.45) is 4.06. The number of likely N-dealkylation sites (tertiary alicyclic amines) is 1. The summed E-state index contributed by atoms with van der Waals surface area (Å²) in [5.41, 5.74) is 0. The molecule has 0 aromatic heterocycles. The highest BCUT2D eigenvalue weighted by Crippen LogP contribution is 2.16. The predicted octanol–water partition coefficient (Wildman–Crippen LogP) is 0.604. The molecule has 0 bridgehead atoms. The van der Waals surface area contributed by atoms with Crippen molar-refractivity contribution in [3.8, 4) is 0 Å². The molecule has 0 spiro atoms. The molecule has 1 rings (SSSR count). The summed E-state index contributed by atoms with van der Waals surface area (Å²) in [5, 5.41) is 18.6. The van der Waals surface area contributed by atoms with Gasteiger partial charge in [0, 0.05) is 12.6 Å². The first-order chi connectivity index (χ1) is 6.27. The SMILES string of the molecule is CCC(O)CN1CCCCC1CO. The zero-order valence-electron chi connectivity index (χ0n) is 8.45. The normalized spacial score (nSPS) is 27.5. The van der Waals surface area contributed by atoms with Crippen molar-refractivity contribution >= 4 is 0 Å². The van der Waals surface area contributed by atoms with E-state index in [1.807, 2.05) is 6.92 Å². The van der Waals surface area contributed by atoms with E-state index >= 15 is 0 Å². The Morgan fingerprint density at radius 2 is 2.23 bits per heavy atom. The molecule has 0 saturated carbocycles. The summed E-state index contributed by atoms with van der Waals surface area (Å²) in [5.74, 6) is 0. The van der Waals surface area contributed by atoms with Gasteiger partial charge >= 0.3 is 0 Å². The van der Waals surface area contributed by atoms with Gasteiger partial charge in [0.2, 0.25) is 0 Å². The number of rotatable bonds is 4. The van der Waals surface area contributed by atoms with Gasteiger partial charge in [-0.15, -0.1) is 0 Å². The van der Waals surface area contributed by atoms with E-state index < -0.39 is 0 Å². The highest BCUT2D eigenvalue weighted by atomic mass is 16.3. The smallest absolute Gasteiger partial charge is 0.0664 e. The van der Waals surface area contributed by atoms with E-state index in [9.17, 15) is 5.11 Å².